The van der Waals surface area contributed by atoms with E-state index >= 15 is 0 Å². The molecule has 1 N–H and O–H groups in total. The van der Waals surface area contributed by atoms with Crippen molar-refractivity contribution in [3.05, 3.63) is 41.9 Å². The number of hydrogen-bond donors (Lipinski definition) is 1. The summed E-state index contributed by atoms with van der Waals surface area (Å²) in [5.74, 6) is 0.492. The van der Waals surface area contributed by atoms with E-state index in [9.17, 15) is 13.2 Å². The van der Waals surface area contributed by atoms with Gasteiger partial charge >= 0.3 is 6.18 Å². The predicted octanol–water partition coefficient (Wildman–Crippen LogP) is 3.83. The van der Waals surface area contributed by atoms with Gasteiger partial charge in [-0.2, -0.15) is 13.2 Å². The van der Waals surface area contributed by atoms with Crippen LogP contribution in [0, 0.1) is 11.8 Å². The molecule has 0 bridgehead atoms. The lowest BCUT2D eigenvalue weighted by atomic mass is 9.88. The van der Waals surface area contributed by atoms with E-state index in [0.29, 0.717) is 12.5 Å². The number of aromatic nitrogens is 3. The molecule has 5 nitrogen and oxygen atoms in total. The van der Waals surface area contributed by atoms with Crippen LogP contribution in [0.4, 0.5) is 19.0 Å². The first-order valence-electron chi connectivity index (χ1n) is 7.88. The predicted molar refractivity (Wildman–Crippen MR) is 86.7 cm³/mol. The topological polar surface area (TPSA) is 63.2 Å². The van der Waals surface area contributed by atoms with Crippen LogP contribution in [0.5, 0.6) is 0 Å². The van der Waals surface area contributed by atoms with Gasteiger partial charge in [-0.25, -0.2) is 15.0 Å². The fourth-order valence-electron chi connectivity index (χ4n) is 3.20. The van der Waals surface area contributed by atoms with E-state index in [1.807, 2.05) is 12.2 Å². The number of hydrogen-bond acceptors (Lipinski definition) is 4. The van der Waals surface area contributed by atoms with Crippen LogP contribution < -0.4 is 0 Å². The summed E-state index contributed by atoms with van der Waals surface area (Å²) in [6, 6.07) is 0.987. The minimum Gasteiger partial charge on any atom is -0.372 e. The number of halogens is 3. The number of allylic oxidation sites excluding steroid dienone is 2. The van der Waals surface area contributed by atoms with E-state index in [4.69, 9.17) is 4.74 Å². The molecule has 1 fully saturated rings. The quantitative estimate of drug-likeness (QED) is 0.839. The number of fused-ring (bicyclic) bond motifs is 2. The Labute approximate surface area is 141 Å². The van der Waals surface area contributed by atoms with Crippen molar-refractivity contribution in [3.8, 4) is 0 Å². The lowest BCUT2D eigenvalue weighted by Crippen LogP contribution is -2.19. The monoisotopic (exact) mass is 348 g/mol. The maximum atomic E-state index is 12.9. The van der Waals surface area contributed by atoms with Gasteiger partial charge in [0.25, 0.3) is 0 Å². The van der Waals surface area contributed by atoms with Gasteiger partial charge in [-0.05, 0) is 11.6 Å². The zero-order valence-electron chi connectivity index (χ0n) is 13.3. The number of ether oxygens (including phenoxy) is 1. The molecule has 4 rings (SSSR count). The van der Waals surface area contributed by atoms with Crippen LogP contribution >= 0.6 is 0 Å². The molecule has 2 aromatic heterocycles. The third-order valence-electron chi connectivity index (χ3n) is 4.48. The van der Waals surface area contributed by atoms with Crippen molar-refractivity contribution < 1.29 is 17.9 Å². The van der Waals surface area contributed by atoms with Crippen molar-refractivity contribution in [2.24, 2.45) is 16.8 Å². The average molecular weight is 348 g/mol. The number of rotatable bonds is 2. The summed E-state index contributed by atoms with van der Waals surface area (Å²) in [7, 11) is 0. The molecule has 0 aromatic carbocycles. The van der Waals surface area contributed by atoms with Crippen molar-refractivity contribution in [2.45, 2.75) is 19.2 Å². The third-order valence-corrected chi connectivity index (χ3v) is 4.48. The first-order valence-corrected chi connectivity index (χ1v) is 7.88. The van der Waals surface area contributed by atoms with Crippen LogP contribution in [0.25, 0.3) is 11.0 Å². The first kappa shape index (κ1) is 16.0. The second-order valence-electron chi connectivity index (χ2n) is 6.19. The Morgan fingerprint density at radius 3 is 3.00 bits per heavy atom. The van der Waals surface area contributed by atoms with Gasteiger partial charge in [-0.3, -0.25) is 0 Å². The van der Waals surface area contributed by atoms with E-state index in [-0.39, 0.29) is 28.9 Å². The maximum absolute atomic E-state index is 12.9. The molecule has 3 heterocycles. The highest BCUT2D eigenvalue weighted by molar-refractivity contribution is 5.88. The van der Waals surface area contributed by atoms with Crippen LogP contribution in [-0.2, 0) is 10.9 Å². The van der Waals surface area contributed by atoms with Gasteiger partial charge in [0, 0.05) is 18.1 Å². The van der Waals surface area contributed by atoms with Gasteiger partial charge in [-0.15, -0.1) is 0 Å². The number of aromatic amines is 1. The molecule has 0 spiro atoms. The number of aliphatic imine (C=N–C) groups is 1. The van der Waals surface area contributed by atoms with Crippen molar-refractivity contribution in [1.29, 1.82) is 0 Å². The lowest BCUT2D eigenvalue weighted by molar-refractivity contribution is -0.140. The van der Waals surface area contributed by atoms with Gasteiger partial charge < -0.3 is 9.72 Å². The summed E-state index contributed by atoms with van der Waals surface area (Å²) in [6.07, 6.45) is 4.56. The standard InChI is InChI=1S/C17H15F3N4O/c1-9-3-2-4-11-10(7-25-14(9)11)6-21-15-12-5-13(17(18,19)20)24-16(12)23-8-22-15/h2-6,8-10,14H,7H2,1H3,(H,22,23,24)/b21-6-. The van der Waals surface area contributed by atoms with E-state index < -0.39 is 11.9 Å². The Balaban J connectivity index is 1.65. The molecule has 3 atom stereocenters. The van der Waals surface area contributed by atoms with Gasteiger partial charge in [0.1, 0.15) is 17.7 Å². The normalized spacial score (nSPS) is 26.4. The van der Waals surface area contributed by atoms with Gasteiger partial charge in [0.2, 0.25) is 0 Å². The fourth-order valence-corrected chi connectivity index (χ4v) is 3.20. The van der Waals surface area contributed by atoms with Crippen LogP contribution in [-0.4, -0.2) is 33.9 Å². The van der Waals surface area contributed by atoms with Gasteiger partial charge in [-0.1, -0.05) is 25.2 Å². The minimum atomic E-state index is -4.47. The molecule has 8 heteroatoms. The Kier molecular flexibility index (Phi) is 3.72. The highest BCUT2D eigenvalue weighted by Gasteiger charge is 2.35. The van der Waals surface area contributed by atoms with Crippen LogP contribution in [0.3, 0.4) is 0 Å². The molecule has 2 aliphatic rings. The van der Waals surface area contributed by atoms with E-state index in [1.54, 1.807) is 6.21 Å². The molecule has 1 aliphatic carbocycles. The Hall–Kier alpha value is -2.48. The molecule has 0 amide bonds. The molecule has 0 radical (unpaired) electrons. The highest BCUT2D eigenvalue weighted by Crippen LogP contribution is 2.35. The number of nitrogens with zero attached hydrogens (tertiary/aromatic N) is 3. The summed E-state index contributed by atoms with van der Waals surface area (Å²) in [6.45, 7) is 2.58. The van der Waals surface area contributed by atoms with Crippen LogP contribution in [0.2, 0.25) is 0 Å². The second-order valence-corrected chi connectivity index (χ2v) is 6.19. The lowest BCUT2D eigenvalue weighted by Gasteiger charge is -2.20. The van der Waals surface area contributed by atoms with Crippen LogP contribution in [0.1, 0.15) is 12.6 Å². The molecule has 2 aromatic rings. The smallest absolute Gasteiger partial charge is 0.372 e. The molecular weight excluding hydrogens is 333 g/mol. The van der Waals surface area contributed by atoms with E-state index in [2.05, 4.69) is 32.9 Å². The Bertz CT molecular complexity index is 897. The van der Waals surface area contributed by atoms with Crippen molar-refractivity contribution in [3.63, 3.8) is 0 Å². The van der Waals surface area contributed by atoms with Gasteiger partial charge in [0.15, 0.2) is 5.82 Å². The largest absolute Gasteiger partial charge is 0.431 e. The highest BCUT2D eigenvalue weighted by atomic mass is 19.4. The molecule has 1 saturated heterocycles. The van der Waals surface area contributed by atoms with E-state index in [0.717, 1.165) is 11.6 Å². The SMILES string of the molecule is CC1C=CC=C2C(/C=N\c3ncnc4[nH]c(C(F)(F)F)cc34)COC21. The summed E-state index contributed by atoms with van der Waals surface area (Å²) < 4.78 is 44.4. The summed E-state index contributed by atoms with van der Waals surface area (Å²) in [4.78, 5) is 14.4. The van der Waals surface area contributed by atoms with Crippen molar-refractivity contribution >= 4 is 23.1 Å². The van der Waals surface area contributed by atoms with Crippen molar-refractivity contribution in [1.82, 2.24) is 15.0 Å². The fraction of sp³-hybridized carbons (Fsp3) is 0.353. The zero-order chi connectivity index (χ0) is 17.6. The van der Waals surface area contributed by atoms with E-state index in [1.165, 1.54) is 6.33 Å². The second kappa shape index (κ2) is 5.80. The van der Waals surface area contributed by atoms with Crippen molar-refractivity contribution in [2.75, 3.05) is 6.61 Å². The summed E-state index contributed by atoms with van der Waals surface area (Å²) >= 11 is 0. The number of alkyl halides is 3. The molecule has 0 saturated carbocycles. The Morgan fingerprint density at radius 2 is 2.20 bits per heavy atom. The summed E-state index contributed by atoms with van der Waals surface area (Å²) in [5.41, 5.74) is 0.384. The maximum Gasteiger partial charge on any atom is 0.431 e. The molecular formula is C17H15F3N4O. The zero-order valence-corrected chi connectivity index (χ0v) is 13.3. The third kappa shape index (κ3) is 2.86. The minimum absolute atomic E-state index is 0.0107. The van der Waals surface area contributed by atoms with Crippen LogP contribution in [0.15, 0.2) is 41.2 Å². The molecule has 25 heavy (non-hydrogen) atoms. The number of nitrogens with one attached hydrogen (secondary N) is 1. The summed E-state index contributed by atoms with van der Waals surface area (Å²) in [5, 5.41) is 0.243. The molecule has 3 unspecified atom stereocenters. The number of H-pyrrole nitrogens is 1. The average Bonchev–Trinajstić information content (AvgIpc) is 3.17. The first-order chi connectivity index (χ1) is 11.9. The molecule has 1 aliphatic heterocycles. The Morgan fingerprint density at radius 1 is 1.36 bits per heavy atom. The molecule has 130 valence electrons. The van der Waals surface area contributed by atoms with Gasteiger partial charge in [0.05, 0.1) is 18.1 Å².